The Balaban J connectivity index is 1.51. The molecule has 37 heavy (non-hydrogen) atoms. The van der Waals surface area contributed by atoms with E-state index in [2.05, 4.69) is 52.0 Å². The number of nitrogens with one attached hydrogen (secondary N) is 1. The van der Waals surface area contributed by atoms with Crippen molar-refractivity contribution in [3.8, 4) is 0 Å². The summed E-state index contributed by atoms with van der Waals surface area (Å²) in [5.41, 5.74) is 9.45. The van der Waals surface area contributed by atoms with Crippen LogP contribution < -0.4 is 11.1 Å². The van der Waals surface area contributed by atoms with Crippen LogP contribution in [0.1, 0.15) is 49.7 Å². The molecule has 0 radical (unpaired) electrons. The Morgan fingerprint density at radius 1 is 1.08 bits per heavy atom. The van der Waals surface area contributed by atoms with Crippen molar-refractivity contribution in [2.24, 2.45) is 11.7 Å². The third-order valence-electron chi connectivity index (χ3n) is 8.08. The predicted octanol–water partition coefficient (Wildman–Crippen LogP) is 4.72. The Morgan fingerprint density at radius 2 is 1.81 bits per heavy atom. The summed E-state index contributed by atoms with van der Waals surface area (Å²) >= 11 is 0. The fraction of sp³-hybridized carbons (Fsp3) is 0.533. The Morgan fingerprint density at radius 3 is 2.49 bits per heavy atom. The number of hydrogen-bond acceptors (Lipinski definition) is 6. The zero-order chi connectivity index (χ0) is 26.0. The van der Waals surface area contributed by atoms with Gasteiger partial charge in [0.1, 0.15) is 0 Å². The second-order valence-electron chi connectivity index (χ2n) is 10.7. The van der Waals surface area contributed by atoms with E-state index in [4.69, 9.17) is 5.73 Å². The quantitative estimate of drug-likeness (QED) is 0.302. The molecule has 3 N–H and O–H groups in total. The average molecular weight is 506 g/mol. The third-order valence-corrected chi connectivity index (χ3v) is 8.08. The fourth-order valence-corrected chi connectivity index (χ4v) is 6.03. The Kier molecular flexibility index (Phi) is 10.1. The van der Waals surface area contributed by atoms with E-state index in [1.165, 1.54) is 37.7 Å². The van der Waals surface area contributed by atoms with Crippen molar-refractivity contribution in [3.05, 3.63) is 88.1 Å². The van der Waals surface area contributed by atoms with Crippen LogP contribution in [0, 0.1) is 16.0 Å². The number of non-ortho nitro benzene ring substituents is 1. The normalized spacial score (nSPS) is 20.8. The van der Waals surface area contributed by atoms with Crippen molar-refractivity contribution in [1.82, 2.24) is 15.1 Å². The minimum absolute atomic E-state index is 0.140. The Hall–Kier alpha value is -2.74. The topological polar surface area (TPSA) is 87.7 Å². The molecule has 2 aromatic carbocycles. The molecular weight excluding hydrogens is 462 g/mol. The van der Waals surface area contributed by atoms with E-state index in [-0.39, 0.29) is 10.6 Å². The van der Waals surface area contributed by atoms with Crippen LogP contribution in [0.25, 0.3) is 0 Å². The van der Waals surface area contributed by atoms with E-state index in [0.717, 1.165) is 62.7 Å². The molecule has 0 aromatic heterocycles. The highest BCUT2D eigenvalue weighted by molar-refractivity contribution is 5.33. The number of nitrogens with zero attached hydrogens (tertiary/aromatic N) is 3. The summed E-state index contributed by atoms with van der Waals surface area (Å²) in [6.45, 7) is 9.65. The monoisotopic (exact) mass is 505 g/mol. The molecule has 1 saturated carbocycles. The van der Waals surface area contributed by atoms with Crippen molar-refractivity contribution in [1.29, 1.82) is 0 Å². The summed E-state index contributed by atoms with van der Waals surface area (Å²) in [6.07, 6.45) is 8.74. The third kappa shape index (κ3) is 7.87. The summed E-state index contributed by atoms with van der Waals surface area (Å²) in [5.74, 6) is 0.768. The lowest BCUT2D eigenvalue weighted by Gasteiger charge is -2.32. The molecule has 7 heteroatoms. The van der Waals surface area contributed by atoms with Crippen molar-refractivity contribution in [2.45, 2.75) is 63.6 Å². The molecule has 0 bridgehead atoms. The van der Waals surface area contributed by atoms with Crippen LogP contribution in [0.2, 0.25) is 0 Å². The second-order valence-corrected chi connectivity index (χ2v) is 10.7. The van der Waals surface area contributed by atoms with Crippen molar-refractivity contribution in [2.75, 3.05) is 32.7 Å². The molecule has 1 saturated heterocycles. The Labute approximate surface area is 221 Å². The summed E-state index contributed by atoms with van der Waals surface area (Å²) in [4.78, 5) is 16.1. The van der Waals surface area contributed by atoms with Crippen LogP contribution in [0.3, 0.4) is 0 Å². The molecule has 2 unspecified atom stereocenters. The van der Waals surface area contributed by atoms with Crippen LogP contribution in [0.15, 0.2) is 66.9 Å². The molecule has 4 rings (SSSR count). The van der Waals surface area contributed by atoms with Gasteiger partial charge in [-0.1, -0.05) is 68.3 Å². The van der Waals surface area contributed by atoms with Gasteiger partial charge in [-0.25, -0.2) is 0 Å². The molecule has 2 aromatic rings. The van der Waals surface area contributed by atoms with Gasteiger partial charge in [0.25, 0.3) is 5.69 Å². The number of benzene rings is 2. The first-order valence-corrected chi connectivity index (χ1v) is 13.9. The van der Waals surface area contributed by atoms with E-state index in [9.17, 15) is 10.1 Å². The summed E-state index contributed by atoms with van der Waals surface area (Å²) < 4.78 is 0. The standard InChI is InChI=1S/C30H43N5O2/c1-24(32-18-17-31)30-20-29(23-34(30)22-26-10-6-3-7-11-26)33(19-16-25-8-4-2-5-9-25)21-27-12-14-28(15-13-27)35(36)37/h2,4-5,8-9,12-15,26,29-30,32H,1,3,6-7,10-11,16-23,31H2. The zero-order valence-corrected chi connectivity index (χ0v) is 22.1. The summed E-state index contributed by atoms with van der Waals surface area (Å²) in [6, 6.07) is 18.4. The number of hydrogen-bond donors (Lipinski definition) is 2. The lowest BCUT2D eigenvalue weighted by molar-refractivity contribution is -0.384. The van der Waals surface area contributed by atoms with Gasteiger partial charge in [-0.15, -0.1) is 0 Å². The van der Waals surface area contributed by atoms with Crippen molar-refractivity contribution >= 4 is 5.69 Å². The highest BCUT2D eigenvalue weighted by Crippen LogP contribution is 2.32. The highest BCUT2D eigenvalue weighted by Gasteiger charge is 2.37. The molecule has 2 atom stereocenters. The lowest BCUT2D eigenvalue weighted by Crippen LogP contribution is -2.41. The predicted molar refractivity (Wildman–Crippen MR) is 150 cm³/mol. The number of nitro groups is 1. The smallest absolute Gasteiger partial charge is 0.269 e. The largest absolute Gasteiger partial charge is 0.386 e. The number of rotatable bonds is 13. The molecule has 7 nitrogen and oxygen atoms in total. The number of nitrogens with two attached hydrogens (primary N) is 1. The zero-order valence-electron chi connectivity index (χ0n) is 22.1. The second kappa shape index (κ2) is 13.7. The average Bonchev–Trinajstić information content (AvgIpc) is 3.34. The van der Waals surface area contributed by atoms with Crippen molar-refractivity contribution in [3.63, 3.8) is 0 Å². The van der Waals surface area contributed by atoms with E-state index in [1.807, 2.05) is 12.1 Å². The number of nitro benzene ring substituents is 1. The maximum atomic E-state index is 11.1. The van der Waals surface area contributed by atoms with Crippen LogP contribution in [-0.4, -0.2) is 59.5 Å². The van der Waals surface area contributed by atoms with Gasteiger partial charge in [0, 0.05) is 63.1 Å². The minimum Gasteiger partial charge on any atom is -0.386 e. The van der Waals surface area contributed by atoms with Gasteiger partial charge in [-0.05, 0) is 42.7 Å². The van der Waals surface area contributed by atoms with E-state index >= 15 is 0 Å². The first-order chi connectivity index (χ1) is 18.0. The molecule has 1 heterocycles. The molecule has 2 aliphatic rings. The molecule has 1 aliphatic carbocycles. The van der Waals surface area contributed by atoms with Gasteiger partial charge < -0.3 is 11.1 Å². The molecule has 200 valence electrons. The van der Waals surface area contributed by atoms with Crippen LogP contribution in [-0.2, 0) is 13.0 Å². The molecule has 0 spiro atoms. The first-order valence-electron chi connectivity index (χ1n) is 13.9. The fourth-order valence-electron chi connectivity index (χ4n) is 6.03. The van der Waals surface area contributed by atoms with Gasteiger partial charge in [0.15, 0.2) is 0 Å². The number of likely N-dealkylation sites (tertiary alicyclic amines) is 1. The Bertz CT molecular complexity index is 991. The minimum atomic E-state index is -0.332. The van der Waals surface area contributed by atoms with E-state index in [1.54, 1.807) is 12.1 Å². The van der Waals surface area contributed by atoms with Gasteiger partial charge in [0.2, 0.25) is 0 Å². The lowest BCUT2D eigenvalue weighted by atomic mass is 9.89. The molecule has 1 aliphatic heterocycles. The maximum Gasteiger partial charge on any atom is 0.269 e. The maximum absolute atomic E-state index is 11.1. The van der Waals surface area contributed by atoms with Crippen molar-refractivity contribution < 1.29 is 4.92 Å². The first kappa shape index (κ1) is 27.3. The van der Waals surface area contributed by atoms with E-state index in [0.29, 0.717) is 18.6 Å². The summed E-state index contributed by atoms with van der Waals surface area (Å²) in [5, 5.41) is 14.6. The molecule has 2 fully saturated rings. The SMILES string of the molecule is C=C(NCCN)C1CC(N(CCc2ccccc2)Cc2ccc([N+](=O)[O-])cc2)CN1CC1CCCCC1. The van der Waals surface area contributed by atoms with Crippen LogP contribution in [0.5, 0.6) is 0 Å². The van der Waals surface area contributed by atoms with Gasteiger partial charge in [-0.3, -0.25) is 19.9 Å². The van der Waals surface area contributed by atoms with Gasteiger partial charge >= 0.3 is 0 Å². The molecular formula is C30H43N5O2. The van der Waals surface area contributed by atoms with E-state index < -0.39 is 0 Å². The molecule has 0 amide bonds. The van der Waals surface area contributed by atoms with Gasteiger partial charge in [0.05, 0.1) is 11.0 Å². The summed E-state index contributed by atoms with van der Waals surface area (Å²) in [7, 11) is 0. The van der Waals surface area contributed by atoms with Gasteiger partial charge in [-0.2, -0.15) is 0 Å². The highest BCUT2D eigenvalue weighted by atomic mass is 16.6. The van der Waals surface area contributed by atoms with Crippen LogP contribution >= 0.6 is 0 Å². The van der Waals surface area contributed by atoms with Crippen LogP contribution in [0.4, 0.5) is 5.69 Å².